The molecule has 6 heteroatoms. The van der Waals surface area contributed by atoms with Gasteiger partial charge in [-0.2, -0.15) is 0 Å². The van der Waals surface area contributed by atoms with Crippen molar-refractivity contribution >= 4 is 11.9 Å². The van der Waals surface area contributed by atoms with Crippen LogP contribution in [0.2, 0.25) is 0 Å². The summed E-state index contributed by atoms with van der Waals surface area (Å²) in [6, 6.07) is 6.09. The highest BCUT2D eigenvalue weighted by Gasteiger charge is 2.19. The first-order chi connectivity index (χ1) is 9.45. The molecule has 0 saturated heterocycles. The maximum Gasteiger partial charge on any atom is 0.335 e. The van der Waals surface area contributed by atoms with Crippen LogP contribution in [0.5, 0.6) is 0 Å². The first-order valence-electron chi connectivity index (χ1n) is 6.32. The van der Waals surface area contributed by atoms with Crippen molar-refractivity contribution in [3.63, 3.8) is 0 Å². The Morgan fingerprint density at radius 2 is 1.95 bits per heavy atom. The van der Waals surface area contributed by atoms with Gasteiger partial charge in [-0.1, -0.05) is 25.1 Å². The zero-order chi connectivity index (χ0) is 15.1. The highest BCUT2D eigenvalue weighted by Crippen LogP contribution is 2.12. The number of alkyl halides is 2. The molecule has 1 amide bonds. The van der Waals surface area contributed by atoms with Crippen molar-refractivity contribution < 1.29 is 23.5 Å². The van der Waals surface area contributed by atoms with Crippen molar-refractivity contribution in [3.05, 3.63) is 35.4 Å². The first kappa shape index (κ1) is 16.1. The molecule has 0 heterocycles. The van der Waals surface area contributed by atoms with Gasteiger partial charge in [0.25, 0.3) is 6.43 Å². The molecule has 0 fully saturated rings. The molecule has 0 aliphatic carbocycles. The number of carboxylic acids is 1. The second kappa shape index (κ2) is 7.57. The highest BCUT2D eigenvalue weighted by molar-refractivity contribution is 5.91. The van der Waals surface area contributed by atoms with Gasteiger partial charge in [0.15, 0.2) is 0 Å². The van der Waals surface area contributed by atoms with Gasteiger partial charge in [-0.15, -0.1) is 0 Å². The van der Waals surface area contributed by atoms with Gasteiger partial charge < -0.3 is 10.0 Å². The number of halogens is 2. The smallest absolute Gasteiger partial charge is 0.335 e. The fraction of sp³-hybridized carbons (Fsp3) is 0.429. The van der Waals surface area contributed by atoms with E-state index in [2.05, 4.69) is 0 Å². The Balaban J connectivity index is 2.85. The van der Waals surface area contributed by atoms with Crippen LogP contribution in [0.4, 0.5) is 8.78 Å². The minimum absolute atomic E-state index is 0.0225. The number of nitrogens with zero attached hydrogens (tertiary/aromatic N) is 1. The number of hydrogen-bond acceptors (Lipinski definition) is 2. The van der Waals surface area contributed by atoms with Crippen LogP contribution in [-0.2, 0) is 11.2 Å². The van der Waals surface area contributed by atoms with Crippen molar-refractivity contribution in [2.24, 2.45) is 0 Å². The first-order valence-corrected chi connectivity index (χ1v) is 6.32. The molecule has 0 aliphatic heterocycles. The molecule has 0 aliphatic rings. The van der Waals surface area contributed by atoms with Crippen molar-refractivity contribution in [3.8, 4) is 0 Å². The third-order valence-electron chi connectivity index (χ3n) is 2.79. The summed E-state index contributed by atoms with van der Waals surface area (Å²) in [5, 5.41) is 9.02. The lowest BCUT2D eigenvalue weighted by molar-refractivity contribution is -0.132. The topological polar surface area (TPSA) is 57.6 Å². The summed E-state index contributed by atoms with van der Waals surface area (Å²) in [5.74, 6) is -1.62. The van der Waals surface area contributed by atoms with E-state index in [0.717, 1.165) is 4.90 Å². The summed E-state index contributed by atoms with van der Waals surface area (Å²) in [5.41, 5.74) is 0.356. The number of amides is 1. The Bertz CT molecular complexity index is 477. The zero-order valence-electron chi connectivity index (χ0n) is 11.2. The molecular formula is C14H17F2NO3. The minimum atomic E-state index is -2.60. The van der Waals surface area contributed by atoms with E-state index in [1.165, 1.54) is 12.1 Å². The zero-order valence-corrected chi connectivity index (χ0v) is 11.2. The number of rotatable bonds is 7. The van der Waals surface area contributed by atoms with Gasteiger partial charge in [-0.3, -0.25) is 4.79 Å². The Kier molecular flexibility index (Phi) is 6.09. The molecule has 1 N–H and O–H groups in total. The summed E-state index contributed by atoms with van der Waals surface area (Å²) in [4.78, 5) is 24.1. The van der Waals surface area contributed by atoms with E-state index in [-0.39, 0.29) is 18.5 Å². The van der Waals surface area contributed by atoms with Gasteiger partial charge >= 0.3 is 5.97 Å². The van der Waals surface area contributed by atoms with E-state index in [9.17, 15) is 18.4 Å². The van der Waals surface area contributed by atoms with E-state index in [1.807, 2.05) is 0 Å². The number of carbonyl (C=O) groups is 2. The number of carbonyl (C=O) groups excluding carboxylic acids is 1. The molecule has 0 spiro atoms. The van der Waals surface area contributed by atoms with Gasteiger partial charge in [0.05, 0.1) is 18.5 Å². The molecule has 20 heavy (non-hydrogen) atoms. The summed E-state index contributed by atoms with van der Waals surface area (Å²) in [7, 11) is 0. The molecule has 1 aromatic rings. The van der Waals surface area contributed by atoms with Crippen LogP contribution < -0.4 is 0 Å². The van der Waals surface area contributed by atoms with Gasteiger partial charge in [-0.05, 0) is 18.1 Å². The lowest BCUT2D eigenvalue weighted by atomic mass is 10.0. The van der Waals surface area contributed by atoms with E-state index in [1.54, 1.807) is 19.1 Å². The number of carboxylic acid groups (broad SMARTS) is 1. The molecule has 0 unspecified atom stereocenters. The van der Waals surface area contributed by atoms with Crippen LogP contribution in [0.15, 0.2) is 24.3 Å². The quantitative estimate of drug-likeness (QED) is 0.837. The summed E-state index contributed by atoms with van der Waals surface area (Å²) >= 11 is 0. The molecule has 1 aromatic carbocycles. The minimum Gasteiger partial charge on any atom is -0.478 e. The van der Waals surface area contributed by atoms with Crippen molar-refractivity contribution in [2.45, 2.75) is 26.2 Å². The molecule has 0 atom stereocenters. The Morgan fingerprint density at radius 3 is 2.50 bits per heavy atom. The van der Waals surface area contributed by atoms with E-state index in [4.69, 9.17) is 5.11 Å². The standard InChI is InChI=1S/C14H17F2NO3/c1-2-7-17(9-12(15)16)13(18)8-10-5-3-4-6-11(10)14(19)20/h3-6,12H,2,7-9H2,1H3,(H,19,20). The second-order valence-corrected chi connectivity index (χ2v) is 4.37. The van der Waals surface area contributed by atoms with E-state index < -0.39 is 24.8 Å². The molecule has 0 bridgehead atoms. The van der Waals surface area contributed by atoms with Gasteiger partial charge in [0.1, 0.15) is 0 Å². The molecular weight excluding hydrogens is 268 g/mol. The molecule has 0 radical (unpaired) electrons. The summed E-state index contributed by atoms with van der Waals surface area (Å²) < 4.78 is 24.9. The molecule has 0 aromatic heterocycles. The average Bonchev–Trinajstić information content (AvgIpc) is 2.38. The molecule has 1 rings (SSSR count). The predicted octanol–water partition coefficient (Wildman–Crippen LogP) is 2.43. The van der Waals surface area contributed by atoms with Crippen LogP contribution >= 0.6 is 0 Å². The Labute approximate surface area is 116 Å². The highest BCUT2D eigenvalue weighted by atomic mass is 19.3. The second-order valence-electron chi connectivity index (χ2n) is 4.37. The van der Waals surface area contributed by atoms with Crippen LogP contribution in [0.25, 0.3) is 0 Å². The maximum atomic E-state index is 12.4. The lowest BCUT2D eigenvalue weighted by Gasteiger charge is -2.22. The fourth-order valence-corrected chi connectivity index (χ4v) is 1.91. The molecule has 4 nitrogen and oxygen atoms in total. The van der Waals surface area contributed by atoms with Crippen LogP contribution in [0.1, 0.15) is 29.3 Å². The largest absolute Gasteiger partial charge is 0.478 e. The van der Waals surface area contributed by atoms with E-state index >= 15 is 0 Å². The number of hydrogen-bond donors (Lipinski definition) is 1. The van der Waals surface area contributed by atoms with Crippen molar-refractivity contribution in [2.75, 3.05) is 13.1 Å². The van der Waals surface area contributed by atoms with Crippen LogP contribution in [0.3, 0.4) is 0 Å². The third kappa shape index (κ3) is 4.60. The monoisotopic (exact) mass is 285 g/mol. The predicted molar refractivity (Wildman–Crippen MR) is 70.0 cm³/mol. The number of benzene rings is 1. The summed E-state index contributed by atoms with van der Waals surface area (Å²) in [6.45, 7) is 1.40. The van der Waals surface area contributed by atoms with Crippen molar-refractivity contribution in [1.29, 1.82) is 0 Å². The Morgan fingerprint density at radius 1 is 1.30 bits per heavy atom. The van der Waals surface area contributed by atoms with Crippen LogP contribution in [-0.4, -0.2) is 41.4 Å². The van der Waals surface area contributed by atoms with Gasteiger partial charge in [-0.25, -0.2) is 13.6 Å². The SMILES string of the molecule is CCCN(CC(F)F)C(=O)Cc1ccccc1C(=O)O. The van der Waals surface area contributed by atoms with Gasteiger partial charge in [0.2, 0.25) is 5.91 Å². The lowest BCUT2D eigenvalue weighted by Crippen LogP contribution is -2.37. The molecule has 0 saturated carbocycles. The Hall–Kier alpha value is -1.98. The normalized spacial score (nSPS) is 10.6. The average molecular weight is 285 g/mol. The van der Waals surface area contributed by atoms with Gasteiger partial charge in [0, 0.05) is 6.54 Å². The van der Waals surface area contributed by atoms with Crippen LogP contribution in [0, 0.1) is 0 Å². The summed E-state index contributed by atoms with van der Waals surface area (Å²) in [6.07, 6.45) is -2.21. The third-order valence-corrected chi connectivity index (χ3v) is 2.79. The van der Waals surface area contributed by atoms with E-state index in [0.29, 0.717) is 12.0 Å². The number of aromatic carboxylic acids is 1. The maximum absolute atomic E-state index is 12.4. The molecule has 110 valence electrons. The fourth-order valence-electron chi connectivity index (χ4n) is 1.91. The van der Waals surface area contributed by atoms with Crippen molar-refractivity contribution in [1.82, 2.24) is 4.90 Å².